The van der Waals surface area contributed by atoms with Crippen LogP contribution in [-0.4, -0.2) is 50.7 Å². The van der Waals surface area contributed by atoms with E-state index < -0.39 is 20.9 Å². The largest absolute Gasteiger partial charge is 0.383 e. The highest BCUT2D eigenvalue weighted by molar-refractivity contribution is 7.86. The zero-order valence-electron chi connectivity index (χ0n) is 15.4. The number of methoxy groups -OCH3 is 1. The van der Waals surface area contributed by atoms with Gasteiger partial charge in [0.25, 0.3) is 11.6 Å². The molecule has 0 N–H and O–H groups in total. The van der Waals surface area contributed by atoms with E-state index in [1.54, 1.807) is 12.1 Å². The number of nitrogens with zero attached hydrogens (tertiary/aromatic N) is 2. The summed E-state index contributed by atoms with van der Waals surface area (Å²) in [6.45, 7) is 0.654. The molecule has 9 nitrogen and oxygen atoms in total. The quantitative estimate of drug-likeness (QED) is 0.355. The van der Waals surface area contributed by atoms with E-state index in [4.69, 9.17) is 8.92 Å². The van der Waals surface area contributed by atoms with Crippen LogP contribution in [0.4, 0.5) is 5.69 Å². The van der Waals surface area contributed by atoms with Crippen molar-refractivity contribution in [1.82, 2.24) is 4.90 Å². The summed E-state index contributed by atoms with van der Waals surface area (Å²) < 4.78 is 32.5. The average Bonchev–Trinajstić information content (AvgIpc) is 2.63. The molecule has 0 heterocycles. The average molecular weight is 408 g/mol. The molecule has 28 heavy (non-hydrogen) atoms. The number of benzene rings is 2. The summed E-state index contributed by atoms with van der Waals surface area (Å²) in [5, 5.41) is 11.0. The van der Waals surface area contributed by atoms with Gasteiger partial charge in [-0.05, 0) is 23.8 Å². The fourth-order valence-corrected chi connectivity index (χ4v) is 2.93. The number of carbonyl (C=O) groups excluding carboxylic acids is 1. The number of amides is 1. The zero-order valence-corrected chi connectivity index (χ0v) is 16.2. The van der Waals surface area contributed by atoms with Gasteiger partial charge in [0.1, 0.15) is 5.75 Å². The van der Waals surface area contributed by atoms with Gasteiger partial charge in [-0.15, -0.1) is 0 Å². The Labute approximate surface area is 162 Å². The first-order valence-electron chi connectivity index (χ1n) is 8.20. The van der Waals surface area contributed by atoms with Gasteiger partial charge in [0.2, 0.25) is 0 Å². The lowest BCUT2D eigenvalue weighted by Gasteiger charge is -2.23. The lowest BCUT2D eigenvalue weighted by Crippen LogP contribution is -2.33. The highest BCUT2D eigenvalue weighted by Gasteiger charge is 2.19. The van der Waals surface area contributed by atoms with Crippen LogP contribution in [0, 0.1) is 10.1 Å². The predicted molar refractivity (Wildman–Crippen MR) is 102 cm³/mol. The first-order chi connectivity index (χ1) is 13.2. The maximum Gasteiger partial charge on any atom is 0.306 e. The third-order valence-electron chi connectivity index (χ3n) is 3.68. The van der Waals surface area contributed by atoms with Crippen molar-refractivity contribution >= 4 is 21.7 Å². The summed E-state index contributed by atoms with van der Waals surface area (Å²) in [5.74, 6) is -0.273. The van der Waals surface area contributed by atoms with E-state index in [1.807, 2.05) is 0 Å². The molecule has 0 radical (unpaired) electrons. The van der Waals surface area contributed by atoms with Gasteiger partial charge < -0.3 is 13.8 Å². The molecule has 0 unspecified atom stereocenters. The van der Waals surface area contributed by atoms with Crippen LogP contribution in [0.3, 0.4) is 0 Å². The topological polar surface area (TPSA) is 116 Å². The van der Waals surface area contributed by atoms with Crippen molar-refractivity contribution in [2.75, 3.05) is 26.5 Å². The standard InChI is InChI=1S/C18H20N2O7S/c1-26-10-9-19(18(21)15-6-4-7-16(12-15)20(22)23)13-14-5-3-8-17(11-14)27-28(2,24)25/h3-8,11-12H,9-10,13H2,1-2H3. The molecule has 2 aromatic carbocycles. The van der Waals surface area contributed by atoms with Crippen LogP contribution in [0.5, 0.6) is 5.75 Å². The Morgan fingerprint density at radius 1 is 1.18 bits per heavy atom. The molecule has 0 saturated carbocycles. The van der Waals surface area contributed by atoms with E-state index in [-0.39, 0.29) is 36.7 Å². The second-order valence-electron chi connectivity index (χ2n) is 5.96. The lowest BCUT2D eigenvalue weighted by molar-refractivity contribution is -0.384. The van der Waals surface area contributed by atoms with Crippen LogP contribution in [0.1, 0.15) is 15.9 Å². The maximum atomic E-state index is 12.9. The molecule has 0 saturated heterocycles. The number of hydrogen-bond donors (Lipinski definition) is 0. The van der Waals surface area contributed by atoms with Crippen LogP contribution < -0.4 is 4.18 Å². The summed E-state index contributed by atoms with van der Waals surface area (Å²) in [7, 11) is -2.18. The Morgan fingerprint density at radius 3 is 2.54 bits per heavy atom. The minimum Gasteiger partial charge on any atom is -0.383 e. The normalized spacial score (nSPS) is 11.1. The van der Waals surface area contributed by atoms with Crippen LogP contribution in [-0.2, 0) is 21.4 Å². The molecule has 2 aromatic rings. The van der Waals surface area contributed by atoms with Crippen LogP contribution in [0.15, 0.2) is 48.5 Å². The molecule has 0 spiro atoms. The van der Waals surface area contributed by atoms with Gasteiger partial charge in [0.05, 0.1) is 17.8 Å². The Morgan fingerprint density at radius 2 is 1.89 bits per heavy atom. The fourth-order valence-electron chi connectivity index (χ4n) is 2.48. The molecule has 0 aliphatic carbocycles. The highest BCUT2D eigenvalue weighted by Crippen LogP contribution is 2.19. The first-order valence-corrected chi connectivity index (χ1v) is 10.0. The summed E-state index contributed by atoms with van der Waals surface area (Å²) in [6.07, 6.45) is 0.941. The minimum absolute atomic E-state index is 0.134. The lowest BCUT2D eigenvalue weighted by atomic mass is 10.1. The van der Waals surface area contributed by atoms with Crippen molar-refractivity contribution in [1.29, 1.82) is 0 Å². The van der Waals surface area contributed by atoms with Gasteiger partial charge in [-0.3, -0.25) is 14.9 Å². The number of hydrogen-bond acceptors (Lipinski definition) is 7. The molecule has 0 aliphatic heterocycles. The molecule has 0 atom stereocenters. The molecule has 1 amide bonds. The van der Waals surface area contributed by atoms with Crippen molar-refractivity contribution in [3.05, 3.63) is 69.8 Å². The van der Waals surface area contributed by atoms with Crippen molar-refractivity contribution in [2.45, 2.75) is 6.54 Å². The SMILES string of the molecule is COCCN(Cc1cccc(OS(C)(=O)=O)c1)C(=O)c1cccc([N+](=O)[O-])c1. The minimum atomic E-state index is -3.67. The van der Waals surface area contributed by atoms with E-state index in [1.165, 1.54) is 48.4 Å². The van der Waals surface area contributed by atoms with Gasteiger partial charge >= 0.3 is 10.1 Å². The van der Waals surface area contributed by atoms with E-state index in [2.05, 4.69) is 0 Å². The van der Waals surface area contributed by atoms with Crippen LogP contribution >= 0.6 is 0 Å². The van der Waals surface area contributed by atoms with E-state index in [9.17, 15) is 23.3 Å². The van der Waals surface area contributed by atoms with Crippen molar-refractivity contribution < 1.29 is 27.1 Å². The van der Waals surface area contributed by atoms with Gasteiger partial charge in [0.15, 0.2) is 0 Å². The Bertz CT molecular complexity index is 960. The van der Waals surface area contributed by atoms with Crippen LogP contribution in [0.25, 0.3) is 0 Å². The third kappa shape index (κ3) is 6.32. The molecule has 10 heteroatoms. The summed E-state index contributed by atoms with van der Waals surface area (Å²) in [6, 6.07) is 11.8. The number of nitro groups is 1. The molecule has 150 valence electrons. The third-order valence-corrected chi connectivity index (χ3v) is 4.17. The number of carbonyl (C=O) groups is 1. The number of ether oxygens (including phenoxy) is 1. The van der Waals surface area contributed by atoms with Crippen LogP contribution in [0.2, 0.25) is 0 Å². The van der Waals surface area contributed by atoms with Gasteiger partial charge in [-0.1, -0.05) is 18.2 Å². The Balaban J connectivity index is 2.26. The smallest absolute Gasteiger partial charge is 0.306 e. The Kier molecular flexibility index (Phi) is 7.07. The van der Waals surface area contributed by atoms with Crippen molar-refractivity contribution in [3.8, 4) is 5.75 Å². The first kappa shape index (κ1) is 21.3. The number of non-ortho nitro benzene ring substituents is 1. The molecule has 0 fully saturated rings. The summed E-state index contributed by atoms with van der Waals surface area (Å²) in [5.41, 5.74) is 0.631. The molecular weight excluding hydrogens is 388 g/mol. The number of nitro benzene ring substituents is 1. The van der Waals surface area contributed by atoms with E-state index in [0.29, 0.717) is 5.56 Å². The highest BCUT2D eigenvalue weighted by atomic mass is 32.2. The molecule has 0 aromatic heterocycles. The maximum absolute atomic E-state index is 12.9. The summed E-state index contributed by atoms with van der Waals surface area (Å²) >= 11 is 0. The van der Waals surface area contributed by atoms with E-state index >= 15 is 0 Å². The molecular formula is C18H20N2O7S. The molecule has 2 rings (SSSR count). The fraction of sp³-hybridized carbons (Fsp3) is 0.278. The second-order valence-corrected chi connectivity index (χ2v) is 7.54. The van der Waals surface area contributed by atoms with Crippen molar-refractivity contribution in [3.63, 3.8) is 0 Å². The van der Waals surface area contributed by atoms with Gasteiger partial charge in [0, 0.05) is 37.9 Å². The van der Waals surface area contributed by atoms with Crippen molar-refractivity contribution in [2.24, 2.45) is 0 Å². The molecule has 0 bridgehead atoms. The summed E-state index contributed by atoms with van der Waals surface area (Å²) in [4.78, 5) is 24.7. The van der Waals surface area contributed by atoms with Gasteiger partial charge in [-0.2, -0.15) is 8.42 Å². The second kappa shape index (κ2) is 9.29. The predicted octanol–water partition coefficient (Wildman–Crippen LogP) is 2.22. The zero-order chi connectivity index (χ0) is 20.7. The monoisotopic (exact) mass is 408 g/mol. The molecule has 0 aliphatic rings. The number of rotatable bonds is 9. The van der Waals surface area contributed by atoms with E-state index in [0.717, 1.165) is 6.26 Å². The Hall–Kier alpha value is -2.98. The van der Waals surface area contributed by atoms with Gasteiger partial charge in [-0.25, -0.2) is 0 Å².